The van der Waals surface area contributed by atoms with Crippen LogP contribution >= 0.6 is 0 Å². The van der Waals surface area contributed by atoms with E-state index in [9.17, 15) is 4.79 Å². The van der Waals surface area contributed by atoms with Crippen LogP contribution in [0.4, 0.5) is 0 Å². The lowest BCUT2D eigenvalue weighted by Crippen LogP contribution is -2.48. The van der Waals surface area contributed by atoms with Crippen LogP contribution in [-0.4, -0.2) is 35.5 Å². The number of ether oxygens (including phenoxy) is 1. The van der Waals surface area contributed by atoms with Crippen LogP contribution < -0.4 is 10.5 Å². The maximum atomic E-state index is 12.3. The van der Waals surface area contributed by atoms with Gasteiger partial charge in [-0.15, -0.1) is 0 Å². The van der Waals surface area contributed by atoms with Crippen LogP contribution in [0.2, 0.25) is 0 Å². The second-order valence-corrected chi connectivity index (χ2v) is 5.88. The highest BCUT2D eigenvalue weighted by Crippen LogP contribution is 2.29. The summed E-state index contributed by atoms with van der Waals surface area (Å²) in [5, 5.41) is 0. The number of hydrogen-bond acceptors (Lipinski definition) is 4. The van der Waals surface area contributed by atoms with E-state index in [-0.39, 0.29) is 17.9 Å². The third-order valence-corrected chi connectivity index (χ3v) is 4.36. The average molecular weight is 311 g/mol. The first kappa shape index (κ1) is 15.5. The third kappa shape index (κ3) is 3.51. The molecule has 2 heterocycles. The summed E-state index contributed by atoms with van der Waals surface area (Å²) in [5.41, 5.74) is 8.46. The van der Waals surface area contributed by atoms with Gasteiger partial charge < -0.3 is 15.4 Å². The second-order valence-electron chi connectivity index (χ2n) is 5.88. The Bertz CT molecular complexity index is 658. The highest BCUT2D eigenvalue weighted by atomic mass is 16.5. The van der Waals surface area contributed by atoms with Gasteiger partial charge >= 0.3 is 0 Å². The van der Waals surface area contributed by atoms with E-state index in [4.69, 9.17) is 10.5 Å². The fraction of sp³-hybridized carbons (Fsp3) is 0.333. The largest absolute Gasteiger partial charge is 0.497 e. The zero-order valence-electron chi connectivity index (χ0n) is 13.2. The standard InChI is InChI=1S/C18H21N3O2/c1-23-15-4-2-14(3-5-15)16-12-21(18(22)10-17(16)19)11-13-6-8-20-9-7-13/h2-9,16-17H,10-12,19H2,1H3/t16?,17-/m1/s1. The number of likely N-dealkylation sites (tertiary alicyclic amines) is 1. The minimum absolute atomic E-state index is 0.110. The van der Waals surface area contributed by atoms with Gasteiger partial charge in [-0.3, -0.25) is 9.78 Å². The van der Waals surface area contributed by atoms with E-state index < -0.39 is 0 Å². The number of nitrogens with zero attached hydrogens (tertiary/aromatic N) is 2. The molecule has 0 radical (unpaired) electrons. The summed E-state index contributed by atoms with van der Waals surface area (Å²) in [4.78, 5) is 18.2. The maximum Gasteiger partial charge on any atom is 0.224 e. The summed E-state index contributed by atoms with van der Waals surface area (Å²) >= 11 is 0. The molecule has 5 heteroatoms. The molecular formula is C18H21N3O2. The number of hydrogen-bond donors (Lipinski definition) is 1. The molecule has 1 aromatic carbocycles. The molecule has 0 spiro atoms. The molecular weight excluding hydrogens is 290 g/mol. The molecule has 2 N–H and O–H groups in total. The molecule has 1 amide bonds. The van der Waals surface area contributed by atoms with Crippen molar-refractivity contribution in [3.63, 3.8) is 0 Å². The lowest BCUT2D eigenvalue weighted by Gasteiger charge is -2.37. The van der Waals surface area contributed by atoms with Crippen LogP contribution in [0.1, 0.15) is 23.5 Å². The van der Waals surface area contributed by atoms with Crippen LogP contribution in [0, 0.1) is 0 Å². The molecule has 1 fully saturated rings. The first-order chi connectivity index (χ1) is 11.2. The Balaban J connectivity index is 1.76. The summed E-state index contributed by atoms with van der Waals surface area (Å²) < 4.78 is 5.20. The van der Waals surface area contributed by atoms with E-state index in [1.807, 2.05) is 41.3 Å². The molecule has 0 bridgehead atoms. The van der Waals surface area contributed by atoms with Gasteiger partial charge in [-0.1, -0.05) is 12.1 Å². The SMILES string of the molecule is COc1ccc(C2CN(Cc3ccncc3)C(=O)C[C@H]2N)cc1. The van der Waals surface area contributed by atoms with E-state index in [1.165, 1.54) is 0 Å². The highest BCUT2D eigenvalue weighted by Gasteiger charge is 2.32. The smallest absolute Gasteiger partial charge is 0.224 e. The quantitative estimate of drug-likeness (QED) is 0.937. The molecule has 1 aliphatic heterocycles. The molecule has 0 saturated carbocycles. The minimum atomic E-state index is -0.149. The Morgan fingerprint density at radius 1 is 1.22 bits per heavy atom. The lowest BCUT2D eigenvalue weighted by molar-refractivity contribution is -0.135. The van der Waals surface area contributed by atoms with Crippen molar-refractivity contribution in [2.75, 3.05) is 13.7 Å². The van der Waals surface area contributed by atoms with E-state index >= 15 is 0 Å². The predicted octanol–water partition coefficient (Wildman–Crippen LogP) is 1.93. The van der Waals surface area contributed by atoms with Crippen LogP contribution in [0.3, 0.4) is 0 Å². The van der Waals surface area contributed by atoms with Crippen molar-refractivity contribution in [2.45, 2.75) is 24.9 Å². The van der Waals surface area contributed by atoms with Gasteiger partial charge in [0, 0.05) is 43.9 Å². The number of methoxy groups -OCH3 is 1. The summed E-state index contributed by atoms with van der Waals surface area (Å²) in [6, 6.07) is 11.7. The highest BCUT2D eigenvalue weighted by molar-refractivity contribution is 5.78. The molecule has 1 saturated heterocycles. The number of piperidine rings is 1. The number of carbonyl (C=O) groups excluding carboxylic acids is 1. The van der Waals surface area contributed by atoms with Crippen molar-refractivity contribution in [1.29, 1.82) is 0 Å². The van der Waals surface area contributed by atoms with Crippen LogP contribution in [0.25, 0.3) is 0 Å². The summed E-state index contributed by atoms with van der Waals surface area (Å²) in [7, 11) is 1.65. The van der Waals surface area contributed by atoms with Crippen molar-refractivity contribution in [2.24, 2.45) is 5.73 Å². The Morgan fingerprint density at radius 2 is 1.91 bits per heavy atom. The van der Waals surface area contributed by atoms with Crippen LogP contribution in [0.5, 0.6) is 5.75 Å². The molecule has 1 aromatic heterocycles. The first-order valence-electron chi connectivity index (χ1n) is 7.73. The van der Waals surface area contributed by atoms with Gasteiger partial charge in [0.15, 0.2) is 0 Å². The van der Waals surface area contributed by atoms with Gasteiger partial charge in [0.1, 0.15) is 5.75 Å². The molecule has 1 aliphatic rings. The lowest BCUT2D eigenvalue weighted by atomic mass is 9.86. The number of amides is 1. The number of benzene rings is 1. The number of carbonyl (C=O) groups is 1. The molecule has 2 aromatic rings. The van der Waals surface area contributed by atoms with E-state index in [2.05, 4.69) is 4.98 Å². The number of nitrogens with two attached hydrogens (primary N) is 1. The number of pyridine rings is 1. The molecule has 1 unspecified atom stereocenters. The minimum Gasteiger partial charge on any atom is -0.497 e. The van der Waals surface area contributed by atoms with Gasteiger partial charge in [0.2, 0.25) is 5.91 Å². The van der Waals surface area contributed by atoms with Gasteiger partial charge in [0.25, 0.3) is 0 Å². The summed E-state index contributed by atoms with van der Waals surface area (Å²) in [6.45, 7) is 1.23. The van der Waals surface area contributed by atoms with Crippen molar-refractivity contribution in [1.82, 2.24) is 9.88 Å². The van der Waals surface area contributed by atoms with Crippen molar-refractivity contribution < 1.29 is 9.53 Å². The predicted molar refractivity (Wildman–Crippen MR) is 88.0 cm³/mol. The fourth-order valence-corrected chi connectivity index (χ4v) is 3.01. The van der Waals surface area contributed by atoms with Crippen molar-refractivity contribution >= 4 is 5.91 Å². The molecule has 3 rings (SSSR count). The first-order valence-corrected chi connectivity index (χ1v) is 7.73. The summed E-state index contributed by atoms with van der Waals surface area (Å²) in [6.07, 6.45) is 3.87. The fourth-order valence-electron chi connectivity index (χ4n) is 3.01. The van der Waals surface area contributed by atoms with E-state index in [1.54, 1.807) is 19.5 Å². The van der Waals surface area contributed by atoms with Gasteiger partial charge in [0.05, 0.1) is 7.11 Å². The second kappa shape index (κ2) is 6.79. The average Bonchev–Trinajstić information content (AvgIpc) is 2.58. The molecule has 5 nitrogen and oxygen atoms in total. The van der Waals surface area contributed by atoms with Crippen LogP contribution in [-0.2, 0) is 11.3 Å². The van der Waals surface area contributed by atoms with Gasteiger partial charge in [-0.05, 0) is 35.4 Å². The molecule has 2 atom stereocenters. The zero-order chi connectivity index (χ0) is 16.2. The topological polar surface area (TPSA) is 68.5 Å². The number of rotatable bonds is 4. The van der Waals surface area contributed by atoms with Crippen LogP contribution in [0.15, 0.2) is 48.8 Å². The van der Waals surface area contributed by atoms with E-state index in [0.29, 0.717) is 19.5 Å². The molecule has 0 aliphatic carbocycles. The van der Waals surface area contributed by atoms with Gasteiger partial charge in [-0.2, -0.15) is 0 Å². The van der Waals surface area contributed by atoms with Gasteiger partial charge in [-0.25, -0.2) is 0 Å². The van der Waals surface area contributed by atoms with E-state index in [0.717, 1.165) is 16.9 Å². The normalized spacial score (nSPS) is 21.3. The molecule has 120 valence electrons. The number of aromatic nitrogens is 1. The Hall–Kier alpha value is -2.40. The molecule has 23 heavy (non-hydrogen) atoms. The zero-order valence-corrected chi connectivity index (χ0v) is 13.2. The third-order valence-electron chi connectivity index (χ3n) is 4.36. The summed E-state index contributed by atoms with van der Waals surface area (Å²) in [5.74, 6) is 1.07. The maximum absolute atomic E-state index is 12.3. The monoisotopic (exact) mass is 311 g/mol. The van der Waals surface area contributed by atoms with Crippen molar-refractivity contribution in [3.8, 4) is 5.75 Å². The Labute approximate surface area is 136 Å². The van der Waals surface area contributed by atoms with Crippen molar-refractivity contribution in [3.05, 3.63) is 59.9 Å². The Kier molecular flexibility index (Phi) is 4.57. The Morgan fingerprint density at radius 3 is 2.57 bits per heavy atom.